The van der Waals surface area contributed by atoms with Gasteiger partial charge in [0.25, 0.3) is 0 Å². The van der Waals surface area contributed by atoms with E-state index in [1.165, 1.54) is 12.1 Å². The van der Waals surface area contributed by atoms with Crippen LogP contribution in [0.3, 0.4) is 0 Å². The number of hydrogen-bond donors (Lipinski definition) is 1. The summed E-state index contributed by atoms with van der Waals surface area (Å²) in [7, 11) is 0. The summed E-state index contributed by atoms with van der Waals surface area (Å²) in [4.78, 5) is 11.9. The molecular formula is C15H10BrClF3NO2. The normalized spacial score (nSPS) is 11.2. The van der Waals surface area contributed by atoms with Gasteiger partial charge in [0.2, 0.25) is 0 Å². The van der Waals surface area contributed by atoms with Gasteiger partial charge in [0.15, 0.2) is 0 Å². The maximum Gasteiger partial charge on any atom is 0.417 e. The quantitative estimate of drug-likeness (QED) is 0.658. The molecule has 0 aliphatic rings. The van der Waals surface area contributed by atoms with Crippen molar-refractivity contribution in [1.82, 2.24) is 0 Å². The predicted octanol–water partition coefficient (Wildman–Crippen LogP) is 6.04. The standard InChI is InChI=1S/C15H10BrClF3NO2/c1-8-5-10(17)7-12(16)13(8)23-14(22)21-11-4-2-3-9(6-11)15(18,19)20/h2-7H,1H3,(H,21,22). The molecular weight excluding hydrogens is 399 g/mol. The molecule has 0 aliphatic carbocycles. The molecule has 0 spiro atoms. The first-order valence-electron chi connectivity index (χ1n) is 6.28. The summed E-state index contributed by atoms with van der Waals surface area (Å²) in [6, 6.07) is 7.41. The van der Waals surface area contributed by atoms with Gasteiger partial charge >= 0.3 is 12.3 Å². The highest BCUT2D eigenvalue weighted by Gasteiger charge is 2.30. The number of halogens is 5. The first-order chi connectivity index (χ1) is 10.7. The van der Waals surface area contributed by atoms with Crippen LogP contribution in [0.4, 0.5) is 23.7 Å². The molecule has 0 aromatic heterocycles. The minimum absolute atomic E-state index is 0.0208. The maximum atomic E-state index is 12.6. The van der Waals surface area contributed by atoms with Crippen molar-refractivity contribution in [2.75, 3.05) is 5.32 Å². The lowest BCUT2D eigenvalue weighted by Crippen LogP contribution is -2.18. The molecule has 0 atom stereocenters. The zero-order chi connectivity index (χ0) is 17.2. The second kappa shape index (κ2) is 6.80. The van der Waals surface area contributed by atoms with E-state index in [9.17, 15) is 18.0 Å². The Kier molecular flexibility index (Phi) is 5.21. The third-order valence-electron chi connectivity index (χ3n) is 2.83. The molecule has 0 heterocycles. The fourth-order valence-corrected chi connectivity index (χ4v) is 2.87. The van der Waals surface area contributed by atoms with Gasteiger partial charge in [-0.2, -0.15) is 13.2 Å². The van der Waals surface area contributed by atoms with Gasteiger partial charge in [-0.05, 0) is 58.7 Å². The van der Waals surface area contributed by atoms with Crippen LogP contribution in [0.5, 0.6) is 5.75 Å². The lowest BCUT2D eigenvalue weighted by atomic mass is 10.2. The lowest BCUT2D eigenvalue weighted by Gasteiger charge is -2.12. The van der Waals surface area contributed by atoms with E-state index in [1.807, 2.05) is 0 Å². The maximum absolute atomic E-state index is 12.6. The summed E-state index contributed by atoms with van der Waals surface area (Å²) in [6.07, 6.45) is -5.40. The first-order valence-corrected chi connectivity index (χ1v) is 7.45. The zero-order valence-electron chi connectivity index (χ0n) is 11.7. The Hall–Kier alpha value is -1.73. The molecule has 0 bridgehead atoms. The Balaban J connectivity index is 2.15. The average molecular weight is 409 g/mol. The van der Waals surface area contributed by atoms with Crippen LogP contribution in [0.2, 0.25) is 5.02 Å². The van der Waals surface area contributed by atoms with E-state index >= 15 is 0 Å². The number of hydrogen-bond acceptors (Lipinski definition) is 2. The Morgan fingerprint density at radius 3 is 2.57 bits per heavy atom. The van der Waals surface area contributed by atoms with Gasteiger partial charge in [0, 0.05) is 10.7 Å². The van der Waals surface area contributed by atoms with Gasteiger partial charge in [-0.15, -0.1) is 0 Å². The van der Waals surface area contributed by atoms with Gasteiger partial charge in [-0.25, -0.2) is 4.79 Å². The molecule has 0 saturated heterocycles. The van der Waals surface area contributed by atoms with E-state index in [4.69, 9.17) is 16.3 Å². The largest absolute Gasteiger partial charge is 0.417 e. The van der Waals surface area contributed by atoms with Gasteiger partial charge < -0.3 is 4.74 Å². The number of anilines is 1. The molecule has 1 amide bonds. The molecule has 8 heteroatoms. The average Bonchev–Trinajstić information content (AvgIpc) is 2.42. The van der Waals surface area contributed by atoms with Crippen LogP contribution in [-0.4, -0.2) is 6.09 Å². The minimum atomic E-state index is -4.49. The van der Waals surface area contributed by atoms with Crippen molar-refractivity contribution in [3.8, 4) is 5.75 Å². The summed E-state index contributed by atoms with van der Waals surface area (Å²) < 4.78 is 43.5. The van der Waals surface area contributed by atoms with Crippen LogP contribution in [0, 0.1) is 6.92 Å². The van der Waals surface area contributed by atoms with Crippen molar-refractivity contribution in [1.29, 1.82) is 0 Å². The van der Waals surface area contributed by atoms with Crippen LogP contribution in [0.1, 0.15) is 11.1 Å². The number of benzene rings is 2. The van der Waals surface area contributed by atoms with Gasteiger partial charge in [-0.1, -0.05) is 17.7 Å². The zero-order valence-corrected chi connectivity index (χ0v) is 14.0. The molecule has 1 N–H and O–H groups in total. The molecule has 2 rings (SSSR count). The van der Waals surface area contributed by atoms with Gasteiger partial charge in [0.1, 0.15) is 5.75 Å². The molecule has 0 unspecified atom stereocenters. The fraction of sp³-hybridized carbons (Fsp3) is 0.133. The highest BCUT2D eigenvalue weighted by Crippen LogP contribution is 2.33. The first kappa shape index (κ1) is 17.6. The van der Waals surface area contributed by atoms with Gasteiger partial charge in [0.05, 0.1) is 10.0 Å². The highest BCUT2D eigenvalue weighted by atomic mass is 79.9. The molecule has 3 nitrogen and oxygen atoms in total. The van der Waals surface area contributed by atoms with Crippen molar-refractivity contribution >= 4 is 39.3 Å². The number of aryl methyl sites for hydroxylation is 1. The third kappa shape index (κ3) is 4.62. The monoisotopic (exact) mass is 407 g/mol. The van der Waals surface area contributed by atoms with Crippen LogP contribution in [0.25, 0.3) is 0 Å². The number of amides is 1. The smallest absolute Gasteiger partial charge is 0.409 e. The lowest BCUT2D eigenvalue weighted by molar-refractivity contribution is -0.137. The van der Waals surface area contributed by atoms with Gasteiger partial charge in [-0.3, -0.25) is 5.32 Å². The topological polar surface area (TPSA) is 38.3 Å². The number of carbonyl (C=O) groups is 1. The minimum Gasteiger partial charge on any atom is -0.409 e. The third-order valence-corrected chi connectivity index (χ3v) is 3.63. The predicted molar refractivity (Wildman–Crippen MR) is 85.0 cm³/mol. The number of rotatable bonds is 2. The fourth-order valence-electron chi connectivity index (χ4n) is 1.83. The molecule has 2 aromatic rings. The second-order valence-corrected chi connectivity index (χ2v) is 5.92. The van der Waals surface area contributed by atoms with Crippen molar-refractivity contribution < 1.29 is 22.7 Å². The number of alkyl halides is 3. The second-order valence-electron chi connectivity index (χ2n) is 4.63. The van der Waals surface area contributed by atoms with E-state index in [1.54, 1.807) is 19.1 Å². The van der Waals surface area contributed by atoms with Crippen LogP contribution in [0.15, 0.2) is 40.9 Å². The molecule has 2 aromatic carbocycles. The summed E-state index contributed by atoms with van der Waals surface area (Å²) in [5, 5.41) is 2.72. The van der Waals surface area contributed by atoms with Crippen LogP contribution in [-0.2, 0) is 6.18 Å². The summed E-state index contributed by atoms with van der Waals surface area (Å²) in [6.45, 7) is 1.68. The molecule has 0 aliphatic heterocycles. The summed E-state index contributed by atoms with van der Waals surface area (Å²) in [5.74, 6) is 0.235. The Bertz CT molecular complexity index is 727. The molecule has 23 heavy (non-hydrogen) atoms. The van der Waals surface area contributed by atoms with Crippen molar-refractivity contribution in [2.45, 2.75) is 13.1 Å². The van der Waals surface area contributed by atoms with E-state index < -0.39 is 17.8 Å². The van der Waals surface area contributed by atoms with Crippen molar-refractivity contribution in [3.63, 3.8) is 0 Å². The Labute approximate surface area is 143 Å². The Morgan fingerprint density at radius 1 is 1.26 bits per heavy atom. The van der Waals surface area contributed by atoms with E-state index in [0.717, 1.165) is 12.1 Å². The van der Waals surface area contributed by atoms with E-state index in [-0.39, 0.29) is 11.4 Å². The SMILES string of the molecule is Cc1cc(Cl)cc(Br)c1OC(=O)Nc1cccc(C(F)(F)F)c1. The number of ether oxygens (including phenoxy) is 1. The molecule has 0 radical (unpaired) electrons. The van der Waals surface area contributed by atoms with Crippen LogP contribution >= 0.6 is 27.5 Å². The van der Waals surface area contributed by atoms with Crippen LogP contribution < -0.4 is 10.1 Å². The summed E-state index contributed by atoms with van der Waals surface area (Å²) in [5.41, 5.74) is -0.282. The van der Waals surface area contributed by atoms with E-state index in [2.05, 4.69) is 21.2 Å². The number of nitrogens with one attached hydrogen (secondary N) is 1. The highest BCUT2D eigenvalue weighted by molar-refractivity contribution is 9.10. The number of carbonyl (C=O) groups excluding carboxylic acids is 1. The van der Waals surface area contributed by atoms with E-state index in [0.29, 0.717) is 15.1 Å². The Morgan fingerprint density at radius 2 is 1.96 bits per heavy atom. The molecule has 0 fully saturated rings. The molecule has 0 saturated carbocycles. The van der Waals surface area contributed by atoms with Crippen molar-refractivity contribution in [3.05, 3.63) is 57.0 Å². The summed E-state index contributed by atoms with van der Waals surface area (Å²) >= 11 is 9.07. The van der Waals surface area contributed by atoms with Crippen molar-refractivity contribution in [2.24, 2.45) is 0 Å². The molecule has 122 valence electrons.